The van der Waals surface area contributed by atoms with Crippen LogP contribution in [0.1, 0.15) is 11.6 Å². The van der Waals surface area contributed by atoms with E-state index in [9.17, 15) is 14.9 Å². The minimum Gasteiger partial charge on any atom is -0.390 e. The standard InChI is InChI=1S/C15H16ClN5O4/c1-2-14(22)20-3-4-25-8-13(20)10-5-11(16)7-12(6-10)18-9-19-15(17)21(23)24/h2,5-7,9,13H,1,3-4,8H2,(H2,17,18,19)/t13-/m0/s1. The lowest BCUT2D eigenvalue weighted by Gasteiger charge is -2.35. The van der Waals surface area contributed by atoms with Crippen molar-refractivity contribution in [2.24, 2.45) is 15.7 Å². The Balaban J connectivity index is 2.29. The molecule has 0 aliphatic carbocycles. The molecule has 1 heterocycles. The molecule has 0 bridgehead atoms. The number of nitrogens with two attached hydrogens (primary N) is 1. The number of nitro groups is 1. The number of carbonyl (C=O) groups excluding carboxylic acids is 1. The number of amides is 1. The topological polar surface area (TPSA) is 123 Å². The van der Waals surface area contributed by atoms with Gasteiger partial charge in [0.2, 0.25) is 5.91 Å². The van der Waals surface area contributed by atoms with E-state index >= 15 is 0 Å². The minimum atomic E-state index is -0.826. The summed E-state index contributed by atoms with van der Waals surface area (Å²) in [6.45, 7) is 4.70. The molecule has 1 atom stereocenters. The van der Waals surface area contributed by atoms with Crippen LogP contribution in [0.4, 0.5) is 5.69 Å². The lowest BCUT2D eigenvalue weighted by Crippen LogP contribution is -2.42. The highest BCUT2D eigenvalue weighted by Crippen LogP contribution is 2.30. The molecule has 0 aromatic heterocycles. The molecule has 1 aromatic carbocycles. The van der Waals surface area contributed by atoms with E-state index in [-0.39, 0.29) is 11.9 Å². The number of hydrogen-bond acceptors (Lipinski definition) is 5. The first-order valence-electron chi connectivity index (χ1n) is 7.24. The normalized spacial score (nSPS) is 18.4. The largest absolute Gasteiger partial charge is 0.426 e. The molecule has 1 fully saturated rings. The molecule has 0 saturated carbocycles. The van der Waals surface area contributed by atoms with Crippen LogP contribution < -0.4 is 5.73 Å². The Morgan fingerprint density at radius 2 is 2.28 bits per heavy atom. The first kappa shape index (κ1) is 18.6. The van der Waals surface area contributed by atoms with E-state index in [2.05, 4.69) is 16.6 Å². The monoisotopic (exact) mass is 365 g/mol. The van der Waals surface area contributed by atoms with Crippen molar-refractivity contribution < 1.29 is 14.5 Å². The first-order chi connectivity index (χ1) is 11.9. The van der Waals surface area contributed by atoms with Crippen LogP contribution in [0.2, 0.25) is 5.02 Å². The molecule has 2 rings (SSSR count). The number of halogens is 1. The van der Waals surface area contributed by atoms with E-state index in [0.717, 1.165) is 11.9 Å². The summed E-state index contributed by atoms with van der Waals surface area (Å²) in [4.78, 5) is 30.6. The zero-order valence-corrected chi connectivity index (χ0v) is 13.9. The van der Waals surface area contributed by atoms with Crippen molar-refractivity contribution >= 4 is 35.5 Å². The van der Waals surface area contributed by atoms with Crippen molar-refractivity contribution in [1.29, 1.82) is 0 Å². The summed E-state index contributed by atoms with van der Waals surface area (Å²) in [7, 11) is 0. The molecular weight excluding hydrogens is 350 g/mol. The van der Waals surface area contributed by atoms with Gasteiger partial charge in [-0.2, -0.15) is 0 Å². The number of benzene rings is 1. The first-order valence-corrected chi connectivity index (χ1v) is 7.61. The number of nitrogens with zero attached hydrogens (tertiary/aromatic N) is 4. The van der Waals surface area contributed by atoms with Crippen molar-refractivity contribution in [1.82, 2.24) is 4.90 Å². The zero-order valence-electron chi connectivity index (χ0n) is 13.2. The molecule has 1 aromatic rings. The van der Waals surface area contributed by atoms with Gasteiger partial charge < -0.3 is 19.8 Å². The number of rotatable bonds is 4. The van der Waals surface area contributed by atoms with Gasteiger partial charge >= 0.3 is 5.96 Å². The van der Waals surface area contributed by atoms with Gasteiger partial charge in [0.25, 0.3) is 0 Å². The van der Waals surface area contributed by atoms with Crippen LogP contribution in [-0.2, 0) is 9.53 Å². The SMILES string of the molecule is C=CC(=O)N1CCOC[C@H]1c1cc(Cl)cc(N=CN=C(N)[N+](=O)[O-])c1. The fraction of sp³-hybridized carbons (Fsp3) is 0.267. The van der Waals surface area contributed by atoms with E-state index in [1.807, 2.05) is 0 Å². The minimum absolute atomic E-state index is 0.207. The average molecular weight is 366 g/mol. The zero-order chi connectivity index (χ0) is 18.4. The number of hydrogen-bond donors (Lipinski definition) is 1. The summed E-state index contributed by atoms with van der Waals surface area (Å²) >= 11 is 6.12. The van der Waals surface area contributed by atoms with Gasteiger partial charge in [0.15, 0.2) is 6.34 Å². The summed E-state index contributed by atoms with van der Waals surface area (Å²) in [6, 6.07) is 4.63. The highest BCUT2D eigenvalue weighted by Gasteiger charge is 2.27. The fourth-order valence-corrected chi connectivity index (χ4v) is 2.56. The van der Waals surface area contributed by atoms with Gasteiger partial charge in [-0.05, 0) is 34.8 Å². The second-order valence-corrected chi connectivity index (χ2v) is 5.49. The van der Waals surface area contributed by atoms with Crippen LogP contribution in [0.3, 0.4) is 0 Å². The van der Waals surface area contributed by atoms with Gasteiger partial charge in [0.1, 0.15) is 0 Å². The van der Waals surface area contributed by atoms with Crippen LogP contribution in [0.5, 0.6) is 0 Å². The lowest BCUT2D eigenvalue weighted by atomic mass is 10.0. The van der Waals surface area contributed by atoms with E-state index in [4.69, 9.17) is 22.1 Å². The molecule has 1 aliphatic rings. The van der Waals surface area contributed by atoms with E-state index in [1.54, 1.807) is 23.1 Å². The van der Waals surface area contributed by atoms with Crippen LogP contribution in [0, 0.1) is 10.1 Å². The number of aliphatic imine (C=N–C) groups is 2. The smallest absolute Gasteiger partial charge is 0.390 e. The molecule has 1 saturated heterocycles. The Morgan fingerprint density at radius 3 is 2.96 bits per heavy atom. The number of guanidine groups is 1. The van der Waals surface area contributed by atoms with Crippen molar-refractivity contribution in [3.05, 3.63) is 51.6 Å². The van der Waals surface area contributed by atoms with Gasteiger partial charge in [-0.1, -0.05) is 23.2 Å². The second kappa shape index (κ2) is 8.36. The Bertz CT molecular complexity index is 749. The van der Waals surface area contributed by atoms with Crippen LogP contribution in [0.15, 0.2) is 40.8 Å². The molecular formula is C15H16ClN5O4. The van der Waals surface area contributed by atoms with Gasteiger partial charge in [-0.25, -0.2) is 4.99 Å². The number of morpholine rings is 1. The van der Waals surface area contributed by atoms with Crippen molar-refractivity contribution in [3.63, 3.8) is 0 Å². The van der Waals surface area contributed by atoms with Crippen molar-refractivity contribution in [3.8, 4) is 0 Å². The average Bonchev–Trinajstić information content (AvgIpc) is 2.60. The molecule has 1 amide bonds. The molecule has 0 unspecified atom stereocenters. The highest BCUT2D eigenvalue weighted by molar-refractivity contribution is 6.30. The maximum absolute atomic E-state index is 12.0. The van der Waals surface area contributed by atoms with Gasteiger partial charge in [0.05, 0.1) is 24.9 Å². The maximum atomic E-state index is 12.0. The van der Waals surface area contributed by atoms with Gasteiger partial charge in [-0.15, -0.1) is 0 Å². The third kappa shape index (κ3) is 4.85. The third-order valence-electron chi connectivity index (χ3n) is 3.46. The predicted molar refractivity (Wildman–Crippen MR) is 93.7 cm³/mol. The molecule has 1 aliphatic heterocycles. The molecule has 9 nitrogen and oxygen atoms in total. The maximum Gasteiger partial charge on any atom is 0.426 e. The van der Waals surface area contributed by atoms with Gasteiger partial charge in [0, 0.05) is 11.6 Å². The summed E-state index contributed by atoms with van der Waals surface area (Å²) in [5.41, 5.74) is 6.23. The highest BCUT2D eigenvalue weighted by atomic mass is 35.5. The summed E-state index contributed by atoms with van der Waals surface area (Å²) in [6.07, 6.45) is 2.22. The Kier molecular flexibility index (Phi) is 6.20. The van der Waals surface area contributed by atoms with E-state index in [1.165, 1.54) is 6.08 Å². The Morgan fingerprint density at radius 1 is 1.52 bits per heavy atom. The second-order valence-electron chi connectivity index (χ2n) is 5.06. The molecule has 132 valence electrons. The lowest BCUT2D eigenvalue weighted by molar-refractivity contribution is -0.352. The summed E-state index contributed by atoms with van der Waals surface area (Å²) in [5, 5.41) is 10.8. The van der Waals surface area contributed by atoms with Crippen LogP contribution in [0.25, 0.3) is 0 Å². The third-order valence-corrected chi connectivity index (χ3v) is 3.68. The number of carbonyl (C=O) groups is 1. The molecule has 0 spiro atoms. The predicted octanol–water partition coefficient (Wildman–Crippen LogP) is 1.68. The summed E-state index contributed by atoms with van der Waals surface area (Å²) in [5.74, 6) is -0.976. The van der Waals surface area contributed by atoms with Gasteiger partial charge in [-0.3, -0.25) is 10.5 Å². The van der Waals surface area contributed by atoms with Crippen LogP contribution in [-0.4, -0.2) is 47.8 Å². The van der Waals surface area contributed by atoms with E-state index in [0.29, 0.717) is 30.5 Å². The molecule has 10 heteroatoms. The van der Waals surface area contributed by atoms with E-state index < -0.39 is 10.9 Å². The Labute approximate surface area is 148 Å². The quantitative estimate of drug-likeness (QED) is 0.286. The molecule has 2 N–H and O–H groups in total. The fourth-order valence-electron chi connectivity index (χ4n) is 2.33. The van der Waals surface area contributed by atoms with Crippen molar-refractivity contribution in [2.45, 2.75) is 6.04 Å². The van der Waals surface area contributed by atoms with Crippen molar-refractivity contribution in [2.75, 3.05) is 19.8 Å². The Hall–Kier alpha value is -2.78. The molecule has 0 radical (unpaired) electrons. The molecule has 25 heavy (non-hydrogen) atoms. The summed E-state index contributed by atoms with van der Waals surface area (Å²) < 4.78 is 5.46. The number of ether oxygens (including phenoxy) is 1. The van der Waals surface area contributed by atoms with Crippen LogP contribution >= 0.6 is 11.6 Å².